The number of amides is 3. The number of carbonyl (C=O) groups excluding carboxylic acids is 3. The van der Waals surface area contributed by atoms with Crippen LogP contribution in [0.15, 0.2) is 37.2 Å². The van der Waals surface area contributed by atoms with Gasteiger partial charge in [0.05, 0.1) is 23.0 Å². The molecule has 1 unspecified atom stereocenters. The van der Waals surface area contributed by atoms with Crippen molar-refractivity contribution in [3.63, 3.8) is 0 Å². The molecular weight excluding hydrogens is 432 g/mol. The molecule has 1 fully saturated rings. The van der Waals surface area contributed by atoms with Crippen LogP contribution in [0.4, 0.5) is 0 Å². The second-order valence-corrected chi connectivity index (χ2v) is 8.50. The van der Waals surface area contributed by atoms with Crippen LogP contribution in [0.5, 0.6) is 0 Å². The van der Waals surface area contributed by atoms with Crippen molar-refractivity contribution in [2.45, 2.75) is 32.4 Å². The summed E-state index contributed by atoms with van der Waals surface area (Å²) in [6, 6.07) is 4.49. The summed E-state index contributed by atoms with van der Waals surface area (Å²) in [4.78, 5) is 53.0. The number of pyridine rings is 1. The number of piperazine rings is 1. The monoisotopic (exact) mass is 456 g/mol. The Morgan fingerprint density at radius 3 is 2.56 bits per heavy atom. The van der Waals surface area contributed by atoms with Gasteiger partial charge in [-0.25, -0.2) is 15.0 Å². The second-order valence-electron chi connectivity index (χ2n) is 8.12. The van der Waals surface area contributed by atoms with Crippen LogP contribution in [-0.4, -0.2) is 68.1 Å². The summed E-state index contributed by atoms with van der Waals surface area (Å²) >= 11 is 6.34. The van der Waals surface area contributed by atoms with Gasteiger partial charge < -0.3 is 15.1 Å². The molecule has 1 saturated heterocycles. The van der Waals surface area contributed by atoms with Crippen molar-refractivity contribution in [2.24, 2.45) is 0 Å². The molecule has 0 bridgehead atoms. The molecule has 0 aromatic carbocycles. The summed E-state index contributed by atoms with van der Waals surface area (Å²) in [5.74, 6) is -0.687. The van der Waals surface area contributed by atoms with Crippen LogP contribution >= 0.6 is 11.6 Å². The number of hydrogen-bond donors (Lipinski definition) is 1. The second kappa shape index (κ2) is 9.04. The van der Waals surface area contributed by atoms with Gasteiger partial charge in [0.1, 0.15) is 17.2 Å². The molecule has 1 aliphatic heterocycles. The van der Waals surface area contributed by atoms with Crippen LogP contribution in [0.25, 0.3) is 11.4 Å². The van der Waals surface area contributed by atoms with Crippen molar-refractivity contribution in [2.75, 3.05) is 20.1 Å². The van der Waals surface area contributed by atoms with Crippen molar-refractivity contribution in [1.29, 1.82) is 0 Å². The Kier molecular flexibility index (Phi) is 6.59. The molecule has 0 radical (unpaired) electrons. The van der Waals surface area contributed by atoms with Crippen molar-refractivity contribution in [1.82, 2.24) is 30.1 Å². The van der Waals surface area contributed by atoms with Crippen LogP contribution in [0.3, 0.4) is 0 Å². The molecule has 1 aliphatic rings. The smallest absolute Gasteiger partial charge is 0.269 e. The predicted molar refractivity (Wildman–Crippen MR) is 120 cm³/mol. The number of rotatable bonds is 4. The molecule has 1 N–H and O–H groups in total. The maximum Gasteiger partial charge on any atom is 0.269 e. The first-order valence-corrected chi connectivity index (χ1v) is 10.4. The summed E-state index contributed by atoms with van der Waals surface area (Å²) < 4.78 is 0. The van der Waals surface area contributed by atoms with Crippen LogP contribution in [0.1, 0.15) is 42.9 Å². The lowest BCUT2D eigenvalue weighted by atomic mass is 9.91. The zero-order valence-electron chi connectivity index (χ0n) is 18.4. The van der Waals surface area contributed by atoms with Gasteiger partial charge in [0, 0.05) is 27.1 Å². The van der Waals surface area contributed by atoms with E-state index in [0.717, 1.165) is 0 Å². The number of hydrogen-bond acceptors (Lipinski definition) is 6. The molecule has 3 heterocycles. The first kappa shape index (κ1) is 23.3. The van der Waals surface area contributed by atoms with E-state index in [0.29, 0.717) is 23.5 Å². The van der Waals surface area contributed by atoms with E-state index in [1.165, 1.54) is 32.4 Å². The molecule has 1 atom stereocenters. The van der Waals surface area contributed by atoms with Crippen molar-refractivity contribution in [3.05, 3.63) is 53.6 Å². The largest absolute Gasteiger partial charge is 0.354 e. The van der Waals surface area contributed by atoms with Gasteiger partial charge in [-0.2, -0.15) is 0 Å². The number of nitrogens with one attached hydrogen (secondary N) is 1. The number of halogens is 1. The fourth-order valence-electron chi connectivity index (χ4n) is 4.11. The van der Waals surface area contributed by atoms with Gasteiger partial charge in [-0.1, -0.05) is 18.2 Å². The van der Waals surface area contributed by atoms with Crippen LogP contribution in [0.2, 0.25) is 5.15 Å². The number of nitrogens with zero attached hydrogens (tertiary/aromatic N) is 5. The van der Waals surface area contributed by atoms with Gasteiger partial charge in [-0.05, 0) is 43.7 Å². The average molecular weight is 457 g/mol. The lowest BCUT2D eigenvalue weighted by Gasteiger charge is -2.51. The maximum atomic E-state index is 12.6. The molecule has 3 amide bonds. The summed E-state index contributed by atoms with van der Waals surface area (Å²) in [6.45, 7) is 9.56. The van der Waals surface area contributed by atoms with E-state index in [4.69, 9.17) is 11.6 Å². The molecule has 0 aliphatic carbocycles. The fraction of sp³-hybridized carbons (Fsp3) is 0.364. The standard InChI is InChI=1S/C22H25ClN6O3/c1-6-20(31)28-10-18(29(13(2)30)22(3,4)11-28)14-7-16(27-19(23)8-14)15-9-17(21(32)24-5)26-12-25-15/h6-9,12,18H,1,10-11H2,2-5H3,(H,24,32). The highest BCUT2D eigenvalue weighted by Crippen LogP contribution is 2.36. The van der Waals surface area contributed by atoms with E-state index in [9.17, 15) is 14.4 Å². The zero-order valence-corrected chi connectivity index (χ0v) is 19.2. The Balaban J connectivity index is 2.10. The molecule has 168 valence electrons. The molecule has 32 heavy (non-hydrogen) atoms. The molecule has 10 heteroatoms. The Bertz CT molecular complexity index is 1090. The lowest BCUT2D eigenvalue weighted by Crippen LogP contribution is -2.62. The summed E-state index contributed by atoms with van der Waals surface area (Å²) in [7, 11) is 1.51. The first-order chi connectivity index (χ1) is 15.1. The minimum atomic E-state index is -0.620. The number of aromatic nitrogens is 3. The Hall–Kier alpha value is -3.33. The number of carbonyl (C=O) groups is 3. The Labute approximate surface area is 191 Å². The minimum Gasteiger partial charge on any atom is -0.354 e. The summed E-state index contributed by atoms with van der Waals surface area (Å²) in [5, 5.41) is 2.72. The van der Waals surface area contributed by atoms with Crippen molar-refractivity contribution >= 4 is 29.3 Å². The van der Waals surface area contributed by atoms with Gasteiger partial charge in [0.2, 0.25) is 11.8 Å². The topological polar surface area (TPSA) is 108 Å². The molecule has 0 saturated carbocycles. The normalized spacial score (nSPS) is 17.6. The van der Waals surface area contributed by atoms with Crippen LogP contribution in [0, 0.1) is 0 Å². The van der Waals surface area contributed by atoms with Gasteiger partial charge in [-0.3, -0.25) is 14.4 Å². The van der Waals surface area contributed by atoms with Gasteiger partial charge in [0.15, 0.2) is 0 Å². The Morgan fingerprint density at radius 2 is 1.94 bits per heavy atom. The molecule has 2 aromatic heterocycles. The fourth-order valence-corrected chi connectivity index (χ4v) is 4.32. The quantitative estimate of drug-likeness (QED) is 0.558. The first-order valence-electron chi connectivity index (χ1n) is 10.0. The highest BCUT2D eigenvalue weighted by atomic mass is 35.5. The van der Waals surface area contributed by atoms with Gasteiger partial charge >= 0.3 is 0 Å². The predicted octanol–water partition coefficient (Wildman–Crippen LogP) is 2.25. The maximum absolute atomic E-state index is 12.6. The van der Waals surface area contributed by atoms with Gasteiger partial charge in [0.25, 0.3) is 5.91 Å². The molecule has 3 rings (SSSR count). The molecule has 0 spiro atoms. The SMILES string of the molecule is C=CC(=O)N1CC(c2cc(Cl)nc(-c3cc(C(=O)NC)ncn3)c2)N(C(C)=O)C(C)(C)C1. The molecule has 9 nitrogen and oxygen atoms in total. The third-order valence-electron chi connectivity index (χ3n) is 5.35. The van der Waals surface area contributed by atoms with Crippen molar-refractivity contribution < 1.29 is 14.4 Å². The third kappa shape index (κ3) is 4.62. The Morgan fingerprint density at radius 1 is 1.22 bits per heavy atom. The lowest BCUT2D eigenvalue weighted by molar-refractivity contribution is -0.149. The highest BCUT2D eigenvalue weighted by molar-refractivity contribution is 6.29. The van der Waals surface area contributed by atoms with E-state index >= 15 is 0 Å². The average Bonchev–Trinajstić information content (AvgIpc) is 2.76. The summed E-state index contributed by atoms with van der Waals surface area (Å²) in [5.41, 5.74) is 1.10. The van der Waals surface area contributed by atoms with Crippen LogP contribution < -0.4 is 5.32 Å². The van der Waals surface area contributed by atoms with E-state index in [2.05, 4.69) is 26.8 Å². The minimum absolute atomic E-state index is 0.121. The summed E-state index contributed by atoms with van der Waals surface area (Å²) in [6.07, 6.45) is 2.54. The van der Waals surface area contributed by atoms with Gasteiger partial charge in [-0.15, -0.1) is 0 Å². The van der Waals surface area contributed by atoms with E-state index in [-0.39, 0.29) is 35.1 Å². The van der Waals surface area contributed by atoms with E-state index in [1.807, 2.05) is 13.8 Å². The molecular formula is C22H25ClN6O3. The molecule has 2 aromatic rings. The van der Waals surface area contributed by atoms with Crippen LogP contribution in [-0.2, 0) is 9.59 Å². The van der Waals surface area contributed by atoms with Crippen molar-refractivity contribution in [3.8, 4) is 11.4 Å². The third-order valence-corrected chi connectivity index (χ3v) is 5.54. The van der Waals surface area contributed by atoms with E-state index < -0.39 is 11.6 Å². The highest BCUT2D eigenvalue weighted by Gasteiger charge is 2.43. The zero-order chi connectivity index (χ0) is 23.6. The van der Waals surface area contributed by atoms with E-state index in [1.54, 1.807) is 21.9 Å².